The summed E-state index contributed by atoms with van der Waals surface area (Å²) in [7, 11) is -2.06. The summed E-state index contributed by atoms with van der Waals surface area (Å²) in [5, 5.41) is 1.33. The Labute approximate surface area is 190 Å². The highest BCUT2D eigenvalue weighted by Gasteiger charge is 2.55. The third kappa shape index (κ3) is 3.54. The smallest absolute Gasteiger partial charge is 0.333 e. The van der Waals surface area contributed by atoms with Crippen LogP contribution in [0.2, 0.25) is 0 Å². The monoisotopic (exact) mass is 496 g/mol. The van der Waals surface area contributed by atoms with Gasteiger partial charge in [-0.1, -0.05) is 64.5 Å². The van der Waals surface area contributed by atoms with Crippen molar-refractivity contribution in [2.75, 3.05) is 7.11 Å². The van der Waals surface area contributed by atoms with Crippen molar-refractivity contribution in [2.45, 2.75) is 18.5 Å². The molecule has 0 saturated heterocycles. The zero-order valence-corrected chi connectivity index (χ0v) is 19.7. The van der Waals surface area contributed by atoms with Crippen LogP contribution < -0.4 is 10.6 Å². The Morgan fingerprint density at radius 3 is 2.10 bits per heavy atom. The van der Waals surface area contributed by atoms with Gasteiger partial charge in [-0.05, 0) is 48.9 Å². The largest absolute Gasteiger partial charge is 0.467 e. The summed E-state index contributed by atoms with van der Waals surface area (Å²) in [6.45, 7) is 1.89. The average Bonchev–Trinajstić information content (AvgIpc) is 3.18. The van der Waals surface area contributed by atoms with E-state index in [2.05, 4.69) is 20.9 Å². The molecular weight excluding hydrogens is 475 g/mol. The van der Waals surface area contributed by atoms with Gasteiger partial charge in [0.15, 0.2) is 6.04 Å². The maximum Gasteiger partial charge on any atom is 0.333 e. The molecule has 0 radical (unpaired) electrons. The van der Waals surface area contributed by atoms with E-state index < -0.39 is 24.8 Å². The number of ether oxygens (including phenoxy) is 1. The second-order valence-corrected chi connectivity index (χ2v) is 11.0. The zero-order chi connectivity index (χ0) is 22.1. The van der Waals surface area contributed by atoms with E-state index in [1.54, 1.807) is 11.0 Å². The van der Waals surface area contributed by atoms with Gasteiger partial charge in [-0.2, -0.15) is 0 Å². The van der Waals surface area contributed by atoms with Crippen LogP contribution in [0.1, 0.15) is 12.5 Å². The van der Waals surface area contributed by atoms with Crippen LogP contribution >= 0.6 is 23.2 Å². The minimum Gasteiger partial charge on any atom is -0.467 e. The summed E-state index contributed by atoms with van der Waals surface area (Å²) in [6, 6.07) is 25.5. The van der Waals surface area contributed by atoms with Gasteiger partial charge in [-0.25, -0.2) is 4.79 Å². The third-order valence-electron chi connectivity index (χ3n) is 5.68. The van der Waals surface area contributed by atoms with E-state index in [1.807, 2.05) is 91.9 Å². The van der Waals surface area contributed by atoms with Crippen molar-refractivity contribution in [3.05, 3.63) is 95.0 Å². The molecule has 4 rings (SSSR count). The SMILES string of the molecule is COC(=O)[C@@H]1N=CN(P(=O)(c2ccccc2)c2ccccc2)[C@@]1(C)c1cccc(Br)c1. The van der Waals surface area contributed by atoms with Crippen LogP contribution in [0.3, 0.4) is 0 Å². The van der Waals surface area contributed by atoms with Crippen molar-refractivity contribution in [2.24, 2.45) is 4.99 Å². The van der Waals surface area contributed by atoms with Crippen molar-refractivity contribution < 1.29 is 14.1 Å². The summed E-state index contributed by atoms with van der Waals surface area (Å²) in [5.41, 5.74) is -0.222. The number of methoxy groups -OCH3 is 1. The minimum atomic E-state index is -3.40. The lowest BCUT2D eigenvalue weighted by molar-refractivity contribution is -0.144. The number of esters is 1. The molecular formula is C24H22BrN2O3P. The molecule has 2 atom stereocenters. The molecule has 0 N–H and O–H groups in total. The number of nitrogens with zero attached hydrogens (tertiary/aromatic N) is 2. The van der Waals surface area contributed by atoms with Crippen LogP contribution in [-0.4, -0.2) is 30.1 Å². The summed E-state index contributed by atoms with van der Waals surface area (Å²) in [6.07, 6.45) is 1.54. The maximum atomic E-state index is 15.0. The molecule has 1 aliphatic rings. The summed E-state index contributed by atoms with van der Waals surface area (Å²) in [4.78, 5) is 17.3. The minimum absolute atomic E-state index is 0.478. The molecule has 0 amide bonds. The Kier molecular flexibility index (Phi) is 5.87. The Morgan fingerprint density at radius 2 is 1.58 bits per heavy atom. The Bertz CT molecular complexity index is 1130. The van der Waals surface area contributed by atoms with Crippen molar-refractivity contribution in [3.63, 3.8) is 0 Å². The highest BCUT2D eigenvalue weighted by atomic mass is 79.9. The maximum absolute atomic E-state index is 15.0. The number of rotatable bonds is 5. The zero-order valence-electron chi connectivity index (χ0n) is 17.2. The van der Waals surface area contributed by atoms with Crippen LogP contribution in [0, 0.1) is 0 Å². The van der Waals surface area contributed by atoms with Crippen molar-refractivity contribution in [3.8, 4) is 0 Å². The highest BCUT2D eigenvalue weighted by Crippen LogP contribution is 2.56. The van der Waals surface area contributed by atoms with Gasteiger partial charge in [0.05, 0.1) is 13.4 Å². The van der Waals surface area contributed by atoms with Crippen molar-refractivity contribution in [1.29, 1.82) is 0 Å². The second kappa shape index (κ2) is 8.45. The first kappa shape index (κ1) is 21.5. The van der Waals surface area contributed by atoms with Gasteiger partial charge >= 0.3 is 5.97 Å². The molecule has 0 fully saturated rings. The second-order valence-electron chi connectivity index (χ2n) is 7.44. The van der Waals surface area contributed by atoms with Gasteiger partial charge in [0.2, 0.25) is 7.29 Å². The Balaban J connectivity index is 1.99. The summed E-state index contributed by atoms with van der Waals surface area (Å²) >= 11 is 3.52. The van der Waals surface area contributed by atoms with E-state index >= 15 is 4.57 Å². The molecule has 3 aromatic carbocycles. The van der Waals surface area contributed by atoms with E-state index in [0.717, 1.165) is 10.0 Å². The first-order valence-electron chi connectivity index (χ1n) is 9.80. The average molecular weight is 497 g/mol. The van der Waals surface area contributed by atoms with Gasteiger partial charge in [0.1, 0.15) is 5.54 Å². The van der Waals surface area contributed by atoms with E-state index in [4.69, 9.17) is 4.74 Å². The number of halogens is 1. The van der Waals surface area contributed by atoms with E-state index in [1.165, 1.54) is 7.11 Å². The molecule has 5 nitrogen and oxygen atoms in total. The first-order valence-corrected chi connectivity index (χ1v) is 12.3. The molecule has 0 unspecified atom stereocenters. The molecule has 3 aromatic rings. The lowest BCUT2D eigenvalue weighted by Crippen LogP contribution is -2.50. The van der Waals surface area contributed by atoms with Gasteiger partial charge < -0.3 is 4.74 Å². The summed E-state index contributed by atoms with van der Waals surface area (Å²) < 4.78 is 22.7. The quantitative estimate of drug-likeness (QED) is 0.386. The standard InChI is InChI=1S/C24H22BrN2O3P/c1-24(18-10-9-11-19(25)16-18)22(23(28)30-2)26-17-27(24)31(29,20-12-5-3-6-13-20)21-14-7-4-8-15-21/h3-17,22H,1-2H3/t22-,24-/m0/s1. The van der Waals surface area contributed by atoms with Crippen molar-refractivity contribution >= 4 is 46.1 Å². The topological polar surface area (TPSA) is 59.0 Å². The molecule has 1 aliphatic heterocycles. The number of hydrogen-bond donors (Lipinski definition) is 0. The number of hydrogen-bond acceptors (Lipinski definition) is 4. The van der Waals surface area contributed by atoms with E-state index in [-0.39, 0.29) is 0 Å². The molecule has 0 spiro atoms. The first-order chi connectivity index (χ1) is 14.9. The van der Waals surface area contributed by atoms with E-state index in [9.17, 15) is 4.79 Å². The molecule has 7 heteroatoms. The molecule has 31 heavy (non-hydrogen) atoms. The lowest BCUT2D eigenvalue weighted by Gasteiger charge is -2.43. The third-order valence-corrected chi connectivity index (χ3v) is 9.30. The van der Waals surface area contributed by atoms with Gasteiger partial charge in [-0.15, -0.1) is 0 Å². The molecule has 0 bridgehead atoms. The van der Waals surface area contributed by atoms with Crippen LogP contribution in [0.4, 0.5) is 0 Å². The number of carbonyl (C=O) groups is 1. The predicted octanol–water partition coefficient (Wildman–Crippen LogP) is 4.48. The number of benzene rings is 3. The van der Waals surface area contributed by atoms with E-state index in [0.29, 0.717) is 10.6 Å². The number of aliphatic imine (C=N–C) groups is 1. The highest BCUT2D eigenvalue weighted by molar-refractivity contribution is 9.10. The van der Waals surface area contributed by atoms with Crippen molar-refractivity contribution in [1.82, 2.24) is 4.67 Å². The number of carbonyl (C=O) groups excluding carboxylic acids is 1. The Hall–Kier alpha value is -2.69. The van der Waals surface area contributed by atoms with Gasteiger partial charge in [0, 0.05) is 15.1 Å². The molecule has 0 aromatic heterocycles. The van der Waals surface area contributed by atoms with Crippen LogP contribution in [0.25, 0.3) is 0 Å². The van der Waals surface area contributed by atoms with Crippen LogP contribution in [0.15, 0.2) is 94.4 Å². The van der Waals surface area contributed by atoms with Crippen LogP contribution in [0.5, 0.6) is 0 Å². The van der Waals surface area contributed by atoms with Gasteiger partial charge in [-0.3, -0.25) is 14.2 Å². The lowest BCUT2D eigenvalue weighted by atomic mass is 9.85. The Morgan fingerprint density at radius 1 is 1.00 bits per heavy atom. The fourth-order valence-electron chi connectivity index (χ4n) is 4.04. The molecule has 158 valence electrons. The fourth-order valence-corrected chi connectivity index (χ4v) is 7.40. The molecule has 0 saturated carbocycles. The van der Waals surface area contributed by atoms with Crippen LogP contribution in [-0.2, 0) is 19.6 Å². The summed E-state index contributed by atoms with van der Waals surface area (Å²) in [5.74, 6) is -0.478. The fraction of sp³-hybridized carbons (Fsp3) is 0.167. The van der Waals surface area contributed by atoms with Gasteiger partial charge in [0.25, 0.3) is 0 Å². The molecule has 0 aliphatic carbocycles. The molecule has 1 heterocycles. The normalized spacial score (nSPS) is 20.6. The predicted molar refractivity (Wildman–Crippen MR) is 127 cm³/mol.